The van der Waals surface area contributed by atoms with Crippen LogP contribution in [-0.2, 0) is 0 Å². The summed E-state index contributed by atoms with van der Waals surface area (Å²) in [6.07, 6.45) is 2.60. The minimum Gasteiger partial charge on any atom is -0.330 e. The summed E-state index contributed by atoms with van der Waals surface area (Å²) in [6, 6.07) is 0. The van der Waals surface area contributed by atoms with E-state index in [2.05, 4.69) is 24.1 Å². The van der Waals surface area contributed by atoms with Crippen LogP contribution in [0.25, 0.3) is 0 Å². The second kappa shape index (κ2) is 5.94. The van der Waals surface area contributed by atoms with Crippen molar-refractivity contribution in [1.82, 2.24) is 9.88 Å². The summed E-state index contributed by atoms with van der Waals surface area (Å²) < 4.78 is 0. The van der Waals surface area contributed by atoms with Crippen LogP contribution in [0.1, 0.15) is 49.2 Å². The molecule has 2 heterocycles. The minimum atomic E-state index is 0.394. The van der Waals surface area contributed by atoms with E-state index >= 15 is 0 Å². The Hall–Kier alpha value is -0.450. The number of nitrogens with two attached hydrogens (primary N) is 1. The van der Waals surface area contributed by atoms with Crippen molar-refractivity contribution in [2.75, 3.05) is 26.2 Å². The molecule has 1 saturated heterocycles. The van der Waals surface area contributed by atoms with Crippen LogP contribution in [-0.4, -0.2) is 36.1 Å². The fourth-order valence-corrected chi connectivity index (χ4v) is 3.45. The molecule has 0 bridgehead atoms. The van der Waals surface area contributed by atoms with E-state index in [1.165, 1.54) is 36.6 Å². The zero-order valence-corrected chi connectivity index (χ0v) is 11.7. The fourth-order valence-electron chi connectivity index (χ4n) is 2.38. The largest absolute Gasteiger partial charge is 0.330 e. The predicted octanol–water partition coefficient (Wildman–Crippen LogP) is 2.40. The Morgan fingerprint density at radius 2 is 2.47 bits per heavy atom. The third-order valence-corrected chi connectivity index (χ3v) is 4.73. The lowest BCUT2D eigenvalue weighted by atomic mass is 9.99. The first-order chi connectivity index (χ1) is 8.24. The van der Waals surface area contributed by atoms with Crippen LogP contribution in [0.4, 0.5) is 0 Å². The lowest BCUT2D eigenvalue weighted by molar-refractivity contribution is 0.217. The third kappa shape index (κ3) is 3.06. The molecule has 2 atom stereocenters. The molecule has 0 saturated carbocycles. The number of aromatic nitrogens is 1. The smallest absolute Gasteiger partial charge is 0.0972 e. The molecule has 2 unspecified atom stereocenters. The fraction of sp³-hybridized carbons (Fsp3) is 0.769. The molecule has 2 rings (SSSR count). The summed E-state index contributed by atoms with van der Waals surface area (Å²) >= 11 is 1.82. The van der Waals surface area contributed by atoms with Crippen LogP contribution >= 0.6 is 11.3 Å². The van der Waals surface area contributed by atoms with E-state index in [0.29, 0.717) is 18.4 Å². The molecule has 0 amide bonds. The zero-order chi connectivity index (χ0) is 12.3. The van der Waals surface area contributed by atoms with Crippen LogP contribution in [0.2, 0.25) is 0 Å². The van der Waals surface area contributed by atoms with Crippen LogP contribution in [0.5, 0.6) is 0 Å². The highest BCUT2D eigenvalue weighted by Crippen LogP contribution is 2.30. The van der Waals surface area contributed by atoms with Crippen molar-refractivity contribution in [3.8, 4) is 0 Å². The number of hydrogen-bond acceptors (Lipinski definition) is 4. The summed E-state index contributed by atoms with van der Waals surface area (Å²) in [7, 11) is 0. The van der Waals surface area contributed by atoms with E-state index in [9.17, 15) is 0 Å². The van der Waals surface area contributed by atoms with Crippen LogP contribution in [0.15, 0.2) is 5.38 Å². The number of nitrogens with zero attached hydrogens (tertiary/aromatic N) is 2. The Bertz CT molecular complexity index is 350. The van der Waals surface area contributed by atoms with Gasteiger partial charge in [-0.1, -0.05) is 13.8 Å². The van der Waals surface area contributed by atoms with Crippen molar-refractivity contribution in [1.29, 1.82) is 0 Å². The molecule has 2 N–H and O–H groups in total. The Labute approximate surface area is 108 Å². The summed E-state index contributed by atoms with van der Waals surface area (Å²) in [6.45, 7) is 8.68. The van der Waals surface area contributed by atoms with E-state index in [0.717, 1.165) is 6.54 Å². The lowest BCUT2D eigenvalue weighted by Gasteiger charge is -2.30. The number of piperidine rings is 1. The van der Waals surface area contributed by atoms with Crippen molar-refractivity contribution in [2.24, 2.45) is 5.73 Å². The lowest BCUT2D eigenvalue weighted by Crippen LogP contribution is -2.34. The molecule has 17 heavy (non-hydrogen) atoms. The molecule has 3 nitrogen and oxygen atoms in total. The first-order valence-corrected chi connectivity index (χ1v) is 7.50. The molecule has 4 heteroatoms. The van der Waals surface area contributed by atoms with Gasteiger partial charge in [0.15, 0.2) is 0 Å². The summed E-state index contributed by atoms with van der Waals surface area (Å²) in [5.41, 5.74) is 6.87. The second-order valence-electron chi connectivity index (χ2n) is 4.98. The van der Waals surface area contributed by atoms with E-state index in [-0.39, 0.29) is 0 Å². The maximum absolute atomic E-state index is 5.69. The van der Waals surface area contributed by atoms with Crippen LogP contribution in [0, 0.1) is 0 Å². The van der Waals surface area contributed by atoms with Gasteiger partial charge in [0.2, 0.25) is 0 Å². The molecule has 0 aliphatic carbocycles. The monoisotopic (exact) mass is 253 g/mol. The second-order valence-corrected chi connectivity index (χ2v) is 5.87. The van der Waals surface area contributed by atoms with E-state index < -0.39 is 0 Å². The summed E-state index contributed by atoms with van der Waals surface area (Å²) in [5, 5.41) is 3.51. The SMILES string of the molecule is CCN1CCCC(c2nc(C(C)CN)cs2)C1. The third-order valence-electron chi connectivity index (χ3n) is 3.70. The van der Waals surface area contributed by atoms with Gasteiger partial charge in [0.1, 0.15) is 0 Å². The van der Waals surface area contributed by atoms with Gasteiger partial charge in [-0.25, -0.2) is 4.98 Å². The molecule has 1 aromatic rings. The molecule has 0 aromatic carbocycles. The highest BCUT2D eigenvalue weighted by molar-refractivity contribution is 7.09. The number of likely N-dealkylation sites (tertiary alicyclic amines) is 1. The number of rotatable bonds is 4. The molecule has 0 radical (unpaired) electrons. The first kappa shape index (κ1) is 13.0. The zero-order valence-electron chi connectivity index (χ0n) is 10.9. The Morgan fingerprint density at radius 1 is 1.65 bits per heavy atom. The van der Waals surface area contributed by atoms with Crippen molar-refractivity contribution in [2.45, 2.75) is 38.5 Å². The van der Waals surface area contributed by atoms with Gasteiger partial charge >= 0.3 is 0 Å². The van der Waals surface area contributed by atoms with Crippen molar-refractivity contribution in [3.63, 3.8) is 0 Å². The van der Waals surface area contributed by atoms with Crippen molar-refractivity contribution < 1.29 is 0 Å². The Balaban J connectivity index is 2.04. The number of likely N-dealkylation sites (N-methyl/N-ethyl adjacent to an activating group) is 1. The van der Waals surface area contributed by atoms with Gasteiger partial charge < -0.3 is 10.6 Å². The highest BCUT2D eigenvalue weighted by Gasteiger charge is 2.23. The average Bonchev–Trinajstić information content (AvgIpc) is 2.87. The normalized spacial score (nSPS) is 23.8. The van der Waals surface area contributed by atoms with E-state index in [1.54, 1.807) is 0 Å². The first-order valence-electron chi connectivity index (χ1n) is 6.62. The molecular formula is C13H23N3S. The molecule has 0 spiro atoms. The predicted molar refractivity (Wildman–Crippen MR) is 73.7 cm³/mol. The van der Waals surface area contributed by atoms with Crippen molar-refractivity contribution in [3.05, 3.63) is 16.1 Å². The molecular weight excluding hydrogens is 230 g/mol. The molecule has 1 aromatic heterocycles. The average molecular weight is 253 g/mol. The molecule has 96 valence electrons. The van der Waals surface area contributed by atoms with E-state index in [4.69, 9.17) is 10.7 Å². The summed E-state index contributed by atoms with van der Waals surface area (Å²) in [5.74, 6) is 1.04. The number of thiazole rings is 1. The standard InChI is InChI=1S/C13H23N3S/c1-3-16-6-4-5-11(8-16)13-15-12(9-17-13)10(2)7-14/h9-11H,3-8,14H2,1-2H3. The maximum Gasteiger partial charge on any atom is 0.0972 e. The van der Waals surface area contributed by atoms with Gasteiger partial charge in [0, 0.05) is 30.3 Å². The molecule has 1 aliphatic heterocycles. The van der Waals surface area contributed by atoms with Gasteiger partial charge in [-0.15, -0.1) is 11.3 Å². The van der Waals surface area contributed by atoms with Gasteiger partial charge in [-0.05, 0) is 25.9 Å². The quantitative estimate of drug-likeness (QED) is 0.896. The maximum atomic E-state index is 5.69. The van der Waals surface area contributed by atoms with Crippen LogP contribution in [0.3, 0.4) is 0 Å². The van der Waals surface area contributed by atoms with Crippen molar-refractivity contribution >= 4 is 11.3 Å². The highest BCUT2D eigenvalue weighted by atomic mass is 32.1. The summed E-state index contributed by atoms with van der Waals surface area (Å²) in [4.78, 5) is 7.31. The van der Waals surface area contributed by atoms with Gasteiger partial charge in [-0.3, -0.25) is 0 Å². The molecule has 1 aliphatic rings. The van der Waals surface area contributed by atoms with E-state index in [1.807, 2.05) is 11.3 Å². The Kier molecular flexibility index (Phi) is 4.54. The molecule has 1 fully saturated rings. The van der Waals surface area contributed by atoms with Gasteiger partial charge in [0.25, 0.3) is 0 Å². The van der Waals surface area contributed by atoms with Gasteiger partial charge in [-0.2, -0.15) is 0 Å². The minimum absolute atomic E-state index is 0.394. The number of hydrogen-bond donors (Lipinski definition) is 1. The van der Waals surface area contributed by atoms with Crippen LogP contribution < -0.4 is 5.73 Å². The van der Waals surface area contributed by atoms with Gasteiger partial charge in [0.05, 0.1) is 10.7 Å². The topological polar surface area (TPSA) is 42.2 Å². The Morgan fingerprint density at radius 3 is 3.18 bits per heavy atom.